The Balaban J connectivity index is 1.34. The van der Waals surface area contributed by atoms with Crippen LogP contribution in [0.15, 0.2) is 90.0 Å². The van der Waals surface area contributed by atoms with Crippen molar-refractivity contribution in [3.63, 3.8) is 0 Å². The highest BCUT2D eigenvalue weighted by molar-refractivity contribution is 6.30. The molecule has 7 nitrogen and oxygen atoms in total. The van der Waals surface area contributed by atoms with Crippen LogP contribution in [0.3, 0.4) is 0 Å². The molecule has 4 aromatic carbocycles. The first-order chi connectivity index (χ1) is 17.5. The lowest BCUT2D eigenvalue weighted by Crippen LogP contribution is -2.24. The van der Waals surface area contributed by atoms with Crippen molar-refractivity contribution in [1.29, 1.82) is 0 Å². The van der Waals surface area contributed by atoms with E-state index >= 15 is 0 Å². The van der Waals surface area contributed by atoms with E-state index in [-0.39, 0.29) is 12.4 Å². The number of ether oxygens (including phenoxy) is 3. The zero-order chi connectivity index (χ0) is 25.3. The first kappa shape index (κ1) is 24.8. The molecule has 8 heteroatoms. The molecule has 0 saturated carbocycles. The van der Waals surface area contributed by atoms with Gasteiger partial charge in [-0.2, -0.15) is 5.10 Å². The second-order valence-electron chi connectivity index (χ2n) is 7.63. The van der Waals surface area contributed by atoms with Crippen LogP contribution in [0.25, 0.3) is 10.8 Å². The Morgan fingerprint density at radius 3 is 2.44 bits per heavy atom. The van der Waals surface area contributed by atoms with Gasteiger partial charge in [0.15, 0.2) is 18.1 Å². The number of rotatable bonds is 9. The van der Waals surface area contributed by atoms with E-state index in [2.05, 4.69) is 10.5 Å². The molecule has 4 rings (SSSR count). The van der Waals surface area contributed by atoms with Gasteiger partial charge in [0.1, 0.15) is 5.75 Å². The molecule has 0 unspecified atom stereocenters. The van der Waals surface area contributed by atoms with E-state index in [0.29, 0.717) is 34.3 Å². The summed E-state index contributed by atoms with van der Waals surface area (Å²) in [4.78, 5) is 24.6. The van der Waals surface area contributed by atoms with Gasteiger partial charge in [-0.15, -0.1) is 0 Å². The molecule has 0 bridgehead atoms. The van der Waals surface area contributed by atoms with Crippen LogP contribution < -0.4 is 19.6 Å². The van der Waals surface area contributed by atoms with Crippen molar-refractivity contribution >= 4 is 40.5 Å². The zero-order valence-corrected chi connectivity index (χ0v) is 20.2. The highest BCUT2D eigenvalue weighted by Crippen LogP contribution is 2.29. The molecule has 4 aromatic rings. The molecule has 0 heterocycles. The van der Waals surface area contributed by atoms with Crippen LogP contribution in [-0.2, 0) is 4.79 Å². The van der Waals surface area contributed by atoms with E-state index < -0.39 is 11.9 Å². The van der Waals surface area contributed by atoms with Crippen LogP contribution in [0.5, 0.6) is 17.2 Å². The number of nitrogens with zero attached hydrogens (tertiary/aromatic N) is 1. The third kappa shape index (κ3) is 6.61. The fraction of sp³-hybridized carbons (Fsp3) is 0.107. The van der Waals surface area contributed by atoms with Gasteiger partial charge < -0.3 is 14.2 Å². The fourth-order valence-corrected chi connectivity index (χ4v) is 3.45. The van der Waals surface area contributed by atoms with E-state index in [0.717, 1.165) is 10.8 Å². The molecule has 182 valence electrons. The number of carbonyl (C=O) groups is 2. The zero-order valence-electron chi connectivity index (χ0n) is 19.4. The summed E-state index contributed by atoms with van der Waals surface area (Å²) in [5.74, 6) is 0.292. The molecular weight excluding hydrogens is 480 g/mol. The standard InChI is InChI=1S/C28H23ClN2O5/c1-2-34-26-15-19(7-14-25(26)36-28(33)21-8-11-23(29)12-9-21)17-30-31-27(32)18-35-24-13-10-20-5-3-4-6-22(20)16-24/h3-17H,2,18H2,1H3,(H,31,32)/b30-17-. The van der Waals surface area contributed by atoms with Crippen LogP contribution in [0.4, 0.5) is 0 Å². The minimum atomic E-state index is -0.535. The number of hydrogen-bond acceptors (Lipinski definition) is 6. The van der Waals surface area contributed by atoms with Gasteiger partial charge in [-0.1, -0.05) is 41.9 Å². The Hall–Kier alpha value is -4.36. The largest absolute Gasteiger partial charge is 0.490 e. The number of amides is 1. The maximum atomic E-state index is 12.4. The van der Waals surface area contributed by atoms with E-state index in [1.807, 2.05) is 49.4 Å². The van der Waals surface area contributed by atoms with Crippen LogP contribution in [0, 0.1) is 0 Å². The summed E-state index contributed by atoms with van der Waals surface area (Å²) in [5.41, 5.74) is 3.43. The summed E-state index contributed by atoms with van der Waals surface area (Å²) in [6.07, 6.45) is 1.46. The van der Waals surface area contributed by atoms with E-state index in [9.17, 15) is 9.59 Å². The summed E-state index contributed by atoms with van der Waals surface area (Å²) < 4.78 is 16.7. The monoisotopic (exact) mass is 502 g/mol. The maximum absolute atomic E-state index is 12.4. The lowest BCUT2D eigenvalue weighted by atomic mass is 10.1. The van der Waals surface area contributed by atoms with Crippen molar-refractivity contribution in [2.75, 3.05) is 13.2 Å². The van der Waals surface area contributed by atoms with Gasteiger partial charge in [-0.25, -0.2) is 10.2 Å². The number of hydrazone groups is 1. The van der Waals surface area contributed by atoms with Gasteiger partial charge in [-0.3, -0.25) is 4.79 Å². The maximum Gasteiger partial charge on any atom is 0.343 e. The van der Waals surface area contributed by atoms with Gasteiger partial charge >= 0.3 is 5.97 Å². The third-order valence-electron chi connectivity index (χ3n) is 5.04. The molecule has 0 aromatic heterocycles. The number of hydrogen-bond donors (Lipinski definition) is 1. The normalized spacial score (nSPS) is 10.8. The number of esters is 1. The Morgan fingerprint density at radius 2 is 1.67 bits per heavy atom. The van der Waals surface area contributed by atoms with Gasteiger partial charge in [0.25, 0.3) is 5.91 Å². The minimum absolute atomic E-state index is 0.181. The van der Waals surface area contributed by atoms with Crippen molar-refractivity contribution in [1.82, 2.24) is 5.43 Å². The summed E-state index contributed by atoms with van der Waals surface area (Å²) in [7, 11) is 0. The first-order valence-electron chi connectivity index (χ1n) is 11.2. The predicted molar refractivity (Wildman–Crippen MR) is 139 cm³/mol. The Labute approximate surface area is 213 Å². The van der Waals surface area contributed by atoms with Crippen molar-refractivity contribution in [3.05, 3.63) is 101 Å². The topological polar surface area (TPSA) is 86.2 Å². The average molecular weight is 503 g/mol. The predicted octanol–water partition coefficient (Wildman–Crippen LogP) is 5.64. The second kappa shape index (κ2) is 11.9. The molecule has 0 saturated heterocycles. The lowest BCUT2D eigenvalue weighted by Gasteiger charge is -2.11. The number of benzene rings is 4. The van der Waals surface area contributed by atoms with Crippen molar-refractivity contribution < 1.29 is 23.8 Å². The van der Waals surface area contributed by atoms with Crippen molar-refractivity contribution in [3.8, 4) is 17.2 Å². The molecular formula is C28H23ClN2O5. The molecule has 0 aliphatic carbocycles. The van der Waals surface area contributed by atoms with E-state index in [1.54, 1.807) is 42.5 Å². The smallest absolute Gasteiger partial charge is 0.343 e. The van der Waals surface area contributed by atoms with Gasteiger partial charge in [-0.05, 0) is 77.9 Å². The van der Waals surface area contributed by atoms with Gasteiger partial charge in [0.05, 0.1) is 18.4 Å². The van der Waals surface area contributed by atoms with Crippen LogP contribution in [0.1, 0.15) is 22.8 Å². The Morgan fingerprint density at radius 1 is 0.889 bits per heavy atom. The molecule has 0 radical (unpaired) electrons. The summed E-state index contributed by atoms with van der Waals surface area (Å²) in [5, 5.41) is 6.62. The SMILES string of the molecule is CCOc1cc(/C=N\NC(=O)COc2ccc3ccccc3c2)ccc1OC(=O)c1ccc(Cl)cc1. The summed E-state index contributed by atoms with van der Waals surface area (Å²) in [6.45, 7) is 2.01. The second-order valence-corrected chi connectivity index (χ2v) is 8.06. The van der Waals surface area contributed by atoms with Crippen LogP contribution >= 0.6 is 11.6 Å². The van der Waals surface area contributed by atoms with Crippen molar-refractivity contribution in [2.45, 2.75) is 6.92 Å². The van der Waals surface area contributed by atoms with Crippen LogP contribution in [0.2, 0.25) is 5.02 Å². The van der Waals surface area contributed by atoms with Crippen molar-refractivity contribution in [2.24, 2.45) is 5.10 Å². The Bertz CT molecular complexity index is 1400. The molecule has 0 atom stereocenters. The first-order valence-corrected chi connectivity index (χ1v) is 11.6. The third-order valence-corrected chi connectivity index (χ3v) is 5.30. The van der Waals surface area contributed by atoms with E-state index in [4.69, 9.17) is 25.8 Å². The molecule has 0 aliphatic heterocycles. The molecule has 0 aliphatic rings. The van der Waals surface area contributed by atoms with Gasteiger partial charge in [0, 0.05) is 5.02 Å². The fourth-order valence-electron chi connectivity index (χ4n) is 3.32. The highest BCUT2D eigenvalue weighted by atomic mass is 35.5. The number of fused-ring (bicyclic) bond motifs is 1. The number of nitrogens with one attached hydrogen (secondary N) is 1. The lowest BCUT2D eigenvalue weighted by molar-refractivity contribution is -0.123. The minimum Gasteiger partial charge on any atom is -0.490 e. The summed E-state index contributed by atoms with van der Waals surface area (Å²) >= 11 is 5.87. The average Bonchev–Trinajstić information content (AvgIpc) is 2.89. The molecule has 1 amide bonds. The molecule has 0 fully saturated rings. The molecule has 0 spiro atoms. The Kier molecular flexibility index (Phi) is 8.16. The van der Waals surface area contributed by atoms with Crippen LogP contribution in [-0.4, -0.2) is 31.3 Å². The number of carbonyl (C=O) groups excluding carboxylic acids is 2. The molecule has 1 N–H and O–H groups in total. The van der Waals surface area contributed by atoms with E-state index in [1.165, 1.54) is 6.21 Å². The molecule has 36 heavy (non-hydrogen) atoms. The quantitative estimate of drug-likeness (QED) is 0.138. The summed E-state index contributed by atoms with van der Waals surface area (Å²) in [6, 6.07) is 24.9. The van der Waals surface area contributed by atoms with Gasteiger partial charge in [0.2, 0.25) is 0 Å². The highest BCUT2D eigenvalue weighted by Gasteiger charge is 2.13. The number of halogens is 1.